The van der Waals surface area contributed by atoms with E-state index in [0.29, 0.717) is 15.1 Å². The monoisotopic (exact) mass is 461 g/mol. The van der Waals surface area contributed by atoms with Gasteiger partial charge in [-0.25, -0.2) is 4.79 Å². The third-order valence-corrected chi connectivity index (χ3v) is 5.06. The molecule has 0 saturated carbocycles. The van der Waals surface area contributed by atoms with Crippen LogP contribution in [-0.2, 0) is 4.74 Å². The number of ether oxygens (including phenoxy) is 2. The molecule has 0 bridgehead atoms. The van der Waals surface area contributed by atoms with Crippen molar-refractivity contribution in [1.29, 1.82) is 0 Å². The highest BCUT2D eigenvalue weighted by Crippen LogP contribution is 2.28. The number of fused-ring (bicyclic) bond motifs is 1. The summed E-state index contributed by atoms with van der Waals surface area (Å²) in [4.78, 5) is 37.6. The fourth-order valence-corrected chi connectivity index (χ4v) is 3.35. The molecule has 3 aromatic rings. The molecule has 1 aromatic carbocycles. The van der Waals surface area contributed by atoms with Crippen molar-refractivity contribution < 1.29 is 34.4 Å². The Kier molecular flexibility index (Phi) is 5.77. The van der Waals surface area contributed by atoms with Crippen LogP contribution >= 0.6 is 0 Å². The van der Waals surface area contributed by atoms with Gasteiger partial charge in [-0.1, -0.05) is 5.21 Å². The van der Waals surface area contributed by atoms with E-state index in [2.05, 4.69) is 20.7 Å². The number of aliphatic hydroxyl groups is 3. The van der Waals surface area contributed by atoms with Crippen LogP contribution in [0.15, 0.2) is 29.1 Å². The van der Waals surface area contributed by atoms with Crippen molar-refractivity contribution in [3.05, 3.63) is 40.2 Å². The number of carbonyl (C=O) groups excluding carboxylic acids is 2. The van der Waals surface area contributed by atoms with E-state index in [4.69, 9.17) is 15.2 Å². The van der Waals surface area contributed by atoms with Gasteiger partial charge in [0.25, 0.3) is 11.5 Å². The van der Waals surface area contributed by atoms with E-state index in [1.54, 1.807) is 12.1 Å². The average molecular weight is 461 g/mol. The summed E-state index contributed by atoms with van der Waals surface area (Å²) >= 11 is 0. The lowest BCUT2D eigenvalue weighted by atomic mass is 10.1. The minimum Gasteiger partial charge on any atom is -0.497 e. The van der Waals surface area contributed by atoms with Crippen LogP contribution in [0.1, 0.15) is 16.6 Å². The van der Waals surface area contributed by atoms with Gasteiger partial charge >= 0.3 is 6.03 Å². The van der Waals surface area contributed by atoms with Crippen LogP contribution in [0, 0.1) is 0 Å². The molecule has 1 aliphatic heterocycles. The highest BCUT2D eigenvalue weighted by molar-refractivity contribution is 6.07. The summed E-state index contributed by atoms with van der Waals surface area (Å²) in [5.74, 6) is -0.350. The summed E-state index contributed by atoms with van der Waals surface area (Å²) in [6, 6.07) is 4.95. The maximum absolute atomic E-state index is 13.1. The predicted octanol–water partition coefficient (Wildman–Crippen LogP) is -2.21. The summed E-state index contributed by atoms with van der Waals surface area (Å²) in [5, 5.41) is 43.2. The maximum atomic E-state index is 13.1. The second kappa shape index (κ2) is 8.55. The Labute approximate surface area is 183 Å². The molecular weight excluding hydrogens is 442 g/mol. The third-order valence-electron chi connectivity index (χ3n) is 5.06. The van der Waals surface area contributed by atoms with Gasteiger partial charge in [0.15, 0.2) is 23.1 Å². The zero-order valence-corrected chi connectivity index (χ0v) is 17.0. The van der Waals surface area contributed by atoms with E-state index in [-0.39, 0.29) is 16.9 Å². The van der Waals surface area contributed by atoms with Crippen molar-refractivity contribution in [2.24, 2.45) is 5.73 Å². The number of aromatic nitrogens is 5. The van der Waals surface area contributed by atoms with Crippen LogP contribution in [0.4, 0.5) is 10.6 Å². The number of nitrogens with zero attached hydrogens (tertiary/aromatic N) is 5. The van der Waals surface area contributed by atoms with Gasteiger partial charge in [0.1, 0.15) is 24.1 Å². The van der Waals surface area contributed by atoms with Gasteiger partial charge in [-0.05, 0) is 24.3 Å². The smallest absolute Gasteiger partial charge is 0.340 e. The van der Waals surface area contributed by atoms with E-state index >= 15 is 0 Å². The van der Waals surface area contributed by atoms with Gasteiger partial charge in [-0.2, -0.15) is 9.36 Å². The maximum Gasteiger partial charge on any atom is 0.340 e. The molecule has 4 unspecified atom stereocenters. The number of amides is 2. The number of methoxy groups -OCH3 is 1. The zero-order valence-electron chi connectivity index (χ0n) is 17.0. The molecule has 0 radical (unpaired) electrons. The fraction of sp³-hybridized carbons (Fsp3) is 0.333. The van der Waals surface area contributed by atoms with Crippen molar-refractivity contribution in [3.63, 3.8) is 0 Å². The minimum atomic E-state index is -1.62. The van der Waals surface area contributed by atoms with E-state index in [1.165, 1.54) is 19.2 Å². The molecule has 1 aliphatic rings. The Morgan fingerprint density at radius 1 is 1.24 bits per heavy atom. The number of hydrogen-bond donors (Lipinski definition) is 5. The molecule has 3 heterocycles. The van der Waals surface area contributed by atoms with Gasteiger partial charge in [-0.3, -0.25) is 9.59 Å². The first-order valence-corrected chi connectivity index (χ1v) is 9.52. The van der Waals surface area contributed by atoms with Crippen LogP contribution in [0.25, 0.3) is 11.0 Å². The predicted molar refractivity (Wildman–Crippen MR) is 109 cm³/mol. The Hall–Kier alpha value is -3.92. The lowest BCUT2D eigenvalue weighted by molar-refractivity contribution is -0.0619. The van der Waals surface area contributed by atoms with E-state index < -0.39 is 54.2 Å². The number of anilines is 1. The van der Waals surface area contributed by atoms with Crippen molar-refractivity contribution in [2.45, 2.75) is 24.5 Å². The van der Waals surface area contributed by atoms with Crippen LogP contribution in [0.5, 0.6) is 5.75 Å². The number of nitrogens with one attached hydrogen (secondary N) is 1. The second-order valence-corrected chi connectivity index (χ2v) is 7.05. The zero-order chi connectivity index (χ0) is 23.9. The average Bonchev–Trinajstić information content (AvgIpc) is 3.32. The summed E-state index contributed by atoms with van der Waals surface area (Å²) in [7, 11) is 1.48. The number of benzene rings is 1. The highest BCUT2D eigenvalue weighted by Gasteiger charge is 2.45. The summed E-state index contributed by atoms with van der Waals surface area (Å²) < 4.78 is 11.4. The Bertz CT molecular complexity index is 1270. The standard InChI is InChI=1S/C18H19N7O8/c1-32-8-4-2-7(3-5-8)15(29)20-14-10-11(24(22-14)18(19)31)16(30)25(23-21-10)17-13(28)12(27)9(6-26)33-17/h2-5,9,12-13,17,26-28H,6H2,1H3,(H2,19,31)(H,20,22,29). The van der Waals surface area contributed by atoms with Crippen LogP contribution in [-0.4, -0.2) is 84.1 Å². The van der Waals surface area contributed by atoms with Gasteiger partial charge in [-0.15, -0.1) is 10.2 Å². The lowest BCUT2D eigenvalue weighted by Gasteiger charge is -2.15. The number of nitrogens with two attached hydrogens (primary N) is 1. The van der Waals surface area contributed by atoms with Crippen molar-refractivity contribution in [2.75, 3.05) is 19.0 Å². The highest BCUT2D eigenvalue weighted by atomic mass is 16.6. The van der Waals surface area contributed by atoms with Gasteiger partial charge in [0.2, 0.25) is 0 Å². The first-order chi connectivity index (χ1) is 15.8. The van der Waals surface area contributed by atoms with E-state index in [1.807, 2.05) is 0 Å². The molecule has 6 N–H and O–H groups in total. The quantitative estimate of drug-likeness (QED) is 0.274. The molecule has 15 heteroatoms. The molecule has 33 heavy (non-hydrogen) atoms. The molecule has 174 valence electrons. The number of rotatable bonds is 5. The molecule has 0 aliphatic carbocycles. The van der Waals surface area contributed by atoms with Crippen molar-refractivity contribution in [1.82, 2.24) is 24.8 Å². The first kappa shape index (κ1) is 22.3. The number of aliphatic hydroxyl groups excluding tert-OH is 3. The topological polar surface area (TPSA) is 217 Å². The van der Waals surface area contributed by atoms with Crippen LogP contribution in [0.3, 0.4) is 0 Å². The third kappa shape index (κ3) is 3.78. The van der Waals surface area contributed by atoms with E-state index in [0.717, 1.165) is 0 Å². The number of carbonyl (C=O) groups is 2. The Balaban J connectivity index is 1.74. The van der Waals surface area contributed by atoms with Crippen LogP contribution in [0.2, 0.25) is 0 Å². The minimum absolute atomic E-state index is 0.227. The van der Waals surface area contributed by atoms with Crippen molar-refractivity contribution >= 4 is 28.8 Å². The molecular formula is C18H19N7O8. The second-order valence-electron chi connectivity index (χ2n) is 7.05. The molecule has 4 rings (SSSR count). The fourth-order valence-electron chi connectivity index (χ4n) is 3.35. The summed E-state index contributed by atoms with van der Waals surface area (Å²) in [6.07, 6.45) is -5.79. The molecule has 1 saturated heterocycles. The summed E-state index contributed by atoms with van der Waals surface area (Å²) in [6.45, 7) is -0.625. The molecule has 15 nitrogen and oxygen atoms in total. The number of primary amides is 1. The Morgan fingerprint density at radius 2 is 1.94 bits per heavy atom. The Morgan fingerprint density at radius 3 is 2.52 bits per heavy atom. The van der Waals surface area contributed by atoms with E-state index in [9.17, 15) is 29.7 Å². The molecule has 4 atom stereocenters. The normalized spacial score (nSPS) is 22.4. The molecule has 2 amide bonds. The largest absolute Gasteiger partial charge is 0.497 e. The summed E-state index contributed by atoms with van der Waals surface area (Å²) in [5.41, 5.74) is 3.86. The van der Waals surface area contributed by atoms with Gasteiger partial charge < -0.3 is 35.8 Å². The lowest BCUT2D eigenvalue weighted by Crippen LogP contribution is -2.37. The number of hydrogen-bond acceptors (Lipinski definition) is 11. The molecule has 2 aromatic heterocycles. The molecule has 0 spiro atoms. The van der Waals surface area contributed by atoms with Crippen LogP contribution < -0.4 is 21.3 Å². The van der Waals surface area contributed by atoms with Gasteiger partial charge in [0, 0.05) is 5.56 Å². The first-order valence-electron chi connectivity index (χ1n) is 9.52. The van der Waals surface area contributed by atoms with Crippen molar-refractivity contribution in [3.8, 4) is 5.75 Å². The SMILES string of the molecule is COc1ccc(C(=O)Nc2nn(C(N)=O)c3c(=O)n(C4OC(CO)C(O)C4O)nnc23)cc1. The van der Waals surface area contributed by atoms with Gasteiger partial charge in [0.05, 0.1) is 13.7 Å². The molecule has 1 fully saturated rings.